The molecule has 0 aliphatic heterocycles. The number of hydrogen-bond donors (Lipinski definition) is 2. The summed E-state index contributed by atoms with van der Waals surface area (Å²) < 4.78 is 12.3. The van der Waals surface area contributed by atoms with Crippen molar-refractivity contribution in [1.82, 2.24) is 20.2 Å². The summed E-state index contributed by atoms with van der Waals surface area (Å²) in [4.78, 5) is 4.28. The molecule has 1 rings (SSSR count). The molecular weight excluding hydrogens is 246 g/mol. The molecule has 0 fully saturated rings. The van der Waals surface area contributed by atoms with Gasteiger partial charge in [0.2, 0.25) is 0 Å². The molecule has 7 nitrogen and oxygen atoms in total. The molecule has 0 amide bonds. The van der Waals surface area contributed by atoms with E-state index < -0.39 is 0 Å². The van der Waals surface area contributed by atoms with Crippen LogP contribution >= 0.6 is 0 Å². The molecule has 1 unspecified atom stereocenters. The van der Waals surface area contributed by atoms with Crippen LogP contribution < -0.4 is 11.3 Å². The number of hydrazine groups is 1. The van der Waals surface area contributed by atoms with Gasteiger partial charge in [0.25, 0.3) is 0 Å². The van der Waals surface area contributed by atoms with Crippen molar-refractivity contribution in [3.8, 4) is 0 Å². The summed E-state index contributed by atoms with van der Waals surface area (Å²) in [6, 6.07) is 0.141. The Morgan fingerprint density at radius 1 is 1.42 bits per heavy atom. The molecule has 0 aliphatic carbocycles. The number of hydrogen-bond acceptors (Lipinski definition) is 6. The first-order valence-corrected chi connectivity index (χ1v) is 6.71. The minimum Gasteiger partial charge on any atom is -0.382 e. The van der Waals surface area contributed by atoms with Crippen molar-refractivity contribution in [2.45, 2.75) is 38.8 Å². The molecule has 7 heteroatoms. The lowest BCUT2D eigenvalue weighted by molar-refractivity contribution is 0.0657. The monoisotopic (exact) mass is 271 g/mol. The van der Waals surface area contributed by atoms with Crippen LogP contribution in [0.5, 0.6) is 0 Å². The minimum absolute atomic E-state index is 0.141. The lowest BCUT2D eigenvalue weighted by Crippen LogP contribution is -2.38. The number of nitrogens with one attached hydrogen (secondary N) is 1. The summed E-state index contributed by atoms with van der Waals surface area (Å²) in [6.45, 7) is 4.89. The highest BCUT2D eigenvalue weighted by Crippen LogP contribution is 2.03. The fourth-order valence-corrected chi connectivity index (χ4v) is 1.78. The van der Waals surface area contributed by atoms with Gasteiger partial charge in [0, 0.05) is 32.7 Å². The van der Waals surface area contributed by atoms with Crippen LogP contribution in [0, 0.1) is 0 Å². The summed E-state index contributed by atoms with van der Waals surface area (Å²) in [5.41, 5.74) is 2.81. The van der Waals surface area contributed by atoms with Gasteiger partial charge in [0.15, 0.2) is 0 Å². The highest BCUT2D eigenvalue weighted by atomic mass is 16.5. The summed E-state index contributed by atoms with van der Waals surface area (Å²) in [5, 5.41) is 4.20. The second kappa shape index (κ2) is 9.85. The van der Waals surface area contributed by atoms with Gasteiger partial charge in [-0.2, -0.15) is 5.10 Å². The molecule has 0 saturated carbocycles. The normalized spacial score (nSPS) is 12.8. The van der Waals surface area contributed by atoms with E-state index in [0.29, 0.717) is 19.8 Å². The van der Waals surface area contributed by atoms with Gasteiger partial charge in [-0.25, -0.2) is 4.98 Å². The molecule has 3 N–H and O–H groups in total. The predicted molar refractivity (Wildman–Crippen MR) is 72.4 cm³/mol. The smallest absolute Gasteiger partial charge is 0.138 e. The van der Waals surface area contributed by atoms with Crippen molar-refractivity contribution in [3.05, 3.63) is 12.2 Å². The van der Waals surface area contributed by atoms with E-state index in [1.54, 1.807) is 13.4 Å². The maximum Gasteiger partial charge on any atom is 0.138 e. The second-order valence-corrected chi connectivity index (χ2v) is 4.36. The van der Waals surface area contributed by atoms with E-state index >= 15 is 0 Å². The van der Waals surface area contributed by atoms with E-state index in [2.05, 4.69) is 22.4 Å². The first kappa shape index (κ1) is 16.0. The van der Waals surface area contributed by atoms with Gasteiger partial charge >= 0.3 is 0 Å². The van der Waals surface area contributed by atoms with Crippen molar-refractivity contribution < 1.29 is 9.47 Å². The van der Waals surface area contributed by atoms with Crippen LogP contribution in [0.25, 0.3) is 0 Å². The van der Waals surface area contributed by atoms with Crippen LogP contribution in [0.3, 0.4) is 0 Å². The predicted octanol–water partition coefficient (Wildman–Crippen LogP) is 0.116. The Kier molecular flexibility index (Phi) is 8.31. The largest absolute Gasteiger partial charge is 0.382 e. The Morgan fingerprint density at radius 2 is 2.26 bits per heavy atom. The zero-order chi connectivity index (χ0) is 13.9. The van der Waals surface area contributed by atoms with Crippen molar-refractivity contribution in [3.63, 3.8) is 0 Å². The molecule has 0 saturated heterocycles. The van der Waals surface area contributed by atoms with Gasteiger partial charge in [-0.3, -0.25) is 16.0 Å². The quantitative estimate of drug-likeness (QED) is 0.337. The topological polar surface area (TPSA) is 87.2 Å². The maximum atomic E-state index is 5.57. The molecule has 1 atom stereocenters. The van der Waals surface area contributed by atoms with Crippen molar-refractivity contribution in [2.75, 3.05) is 26.9 Å². The van der Waals surface area contributed by atoms with Crippen LogP contribution in [0.1, 0.15) is 25.6 Å². The van der Waals surface area contributed by atoms with Crippen LogP contribution in [-0.2, 0) is 22.4 Å². The Morgan fingerprint density at radius 3 is 2.95 bits per heavy atom. The minimum atomic E-state index is 0.141. The van der Waals surface area contributed by atoms with Gasteiger partial charge in [-0.1, -0.05) is 6.92 Å². The van der Waals surface area contributed by atoms with Gasteiger partial charge in [-0.05, 0) is 12.8 Å². The highest BCUT2D eigenvalue weighted by molar-refractivity contribution is 4.89. The molecule has 0 aliphatic rings. The Labute approximate surface area is 114 Å². The third-order valence-corrected chi connectivity index (χ3v) is 2.84. The Hall–Kier alpha value is -1.02. The zero-order valence-corrected chi connectivity index (χ0v) is 11.8. The summed E-state index contributed by atoms with van der Waals surface area (Å²) in [5.74, 6) is 6.53. The molecule has 0 bridgehead atoms. The highest BCUT2D eigenvalue weighted by Gasteiger charge is 2.12. The molecule has 0 aromatic carbocycles. The van der Waals surface area contributed by atoms with Crippen LogP contribution in [-0.4, -0.2) is 47.7 Å². The molecule has 1 heterocycles. The number of nitrogens with two attached hydrogens (primary N) is 1. The second-order valence-electron chi connectivity index (χ2n) is 4.36. The van der Waals surface area contributed by atoms with Gasteiger partial charge in [-0.15, -0.1) is 0 Å². The average molecular weight is 271 g/mol. The van der Waals surface area contributed by atoms with Gasteiger partial charge in [0.1, 0.15) is 12.2 Å². The molecule has 110 valence electrons. The summed E-state index contributed by atoms with van der Waals surface area (Å²) in [7, 11) is 1.66. The average Bonchev–Trinajstić information content (AvgIpc) is 2.85. The lowest BCUT2D eigenvalue weighted by Gasteiger charge is -2.15. The number of aryl methyl sites for hydroxylation is 1. The van der Waals surface area contributed by atoms with Crippen LogP contribution in [0.4, 0.5) is 0 Å². The Balaban J connectivity index is 2.32. The molecule has 0 spiro atoms. The number of aromatic nitrogens is 3. The van der Waals surface area contributed by atoms with Crippen molar-refractivity contribution >= 4 is 0 Å². The number of nitrogens with zero attached hydrogens (tertiary/aromatic N) is 3. The third-order valence-electron chi connectivity index (χ3n) is 2.84. The van der Waals surface area contributed by atoms with E-state index in [9.17, 15) is 0 Å². The first-order valence-electron chi connectivity index (χ1n) is 6.71. The van der Waals surface area contributed by atoms with E-state index in [1.165, 1.54) is 0 Å². The molecule has 1 aromatic heterocycles. The fraction of sp³-hybridized carbons (Fsp3) is 0.833. The third kappa shape index (κ3) is 6.11. The first-order chi connectivity index (χ1) is 9.31. The summed E-state index contributed by atoms with van der Waals surface area (Å²) >= 11 is 0. The van der Waals surface area contributed by atoms with E-state index in [0.717, 1.165) is 31.6 Å². The molecule has 1 aromatic rings. The van der Waals surface area contributed by atoms with Crippen LogP contribution in [0.15, 0.2) is 6.33 Å². The zero-order valence-electron chi connectivity index (χ0n) is 11.8. The Bertz CT molecular complexity index is 332. The maximum absolute atomic E-state index is 5.57. The molecular formula is C12H25N5O2. The standard InChI is InChI=1S/C12H25N5O2/c1-3-5-17-12(14-10-15-17)9-11(16-13)4-6-19-8-7-18-2/h10-11,16H,3-9,13H2,1-2H3. The molecule has 0 radical (unpaired) electrons. The van der Waals surface area contributed by atoms with Crippen molar-refractivity contribution in [2.24, 2.45) is 5.84 Å². The number of ether oxygens (including phenoxy) is 2. The van der Waals surface area contributed by atoms with E-state index in [1.807, 2.05) is 4.68 Å². The fourth-order valence-electron chi connectivity index (χ4n) is 1.78. The van der Waals surface area contributed by atoms with E-state index in [-0.39, 0.29) is 6.04 Å². The van der Waals surface area contributed by atoms with Gasteiger partial charge in [0.05, 0.1) is 13.2 Å². The lowest BCUT2D eigenvalue weighted by atomic mass is 10.1. The summed E-state index contributed by atoms with van der Waals surface area (Å²) in [6.07, 6.45) is 4.22. The number of rotatable bonds is 11. The SMILES string of the molecule is CCCn1ncnc1CC(CCOCCOC)NN. The van der Waals surface area contributed by atoms with E-state index in [4.69, 9.17) is 15.3 Å². The number of methoxy groups -OCH3 is 1. The van der Waals surface area contributed by atoms with Gasteiger partial charge < -0.3 is 9.47 Å². The van der Waals surface area contributed by atoms with Crippen molar-refractivity contribution in [1.29, 1.82) is 0 Å². The van der Waals surface area contributed by atoms with Crippen LogP contribution in [0.2, 0.25) is 0 Å². The molecule has 19 heavy (non-hydrogen) atoms.